The van der Waals surface area contributed by atoms with Crippen molar-refractivity contribution in [3.8, 4) is 5.75 Å². The van der Waals surface area contributed by atoms with Gasteiger partial charge in [0.25, 0.3) is 0 Å². The molecule has 1 fully saturated rings. The topological polar surface area (TPSA) is 38.7 Å². The fourth-order valence-corrected chi connectivity index (χ4v) is 1.99. The molecule has 2 rings (SSSR count). The molecular formula is C12H14ClFO3. The molecule has 1 saturated carbocycles. The molecule has 1 aromatic rings. The van der Waals surface area contributed by atoms with Crippen LogP contribution in [0.25, 0.3) is 0 Å². The number of halogens is 2. The zero-order valence-electron chi connectivity index (χ0n) is 9.40. The summed E-state index contributed by atoms with van der Waals surface area (Å²) < 4.78 is 24.3. The second kappa shape index (κ2) is 5.21. The first-order chi connectivity index (χ1) is 8.13. The Morgan fingerprint density at radius 2 is 2.29 bits per heavy atom. The highest BCUT2D eigenvalue weighted by Crippen LogP contribution is 2.32. The van der Waals surface area contributed by atoms with E-state index >= 15 is 0 Å². The summed E-state index contributed by atoms with van der Waals surface area (Å²) >= 11 is 5.65. The first-order valence-corrected chi connectivity index (χ1v) is 5.91. The van der Waals surface area contributed by atoms with Gasteiger partial charge in [0.15, 0.2) is 11.6 Å². The summed E-state index contributed by atoms with van der Waals surface area (Å²) in [5.74, 6) is -0.482. The molecule has 1 aliphatic carbocycles. The van der Waals surface area contributed by atoms with Crippen molar-refractivity contribution in [1.29, 1.82) is 0 Å². The molecule has 3 atom stereocenters. The standard InChI is InChI=1S/C12H14ClFO3/c1-2-16-12-8(15)6-10(12)17-9-5-3-4-7(13)11(9)14/h3-5,8,10,12,15H,2,6H2,1H3. The van der Waals surface area contributed by atoms with Crippen LogP contribution < -0.4 is 4.74 Å². The van der Waals surface area contributed by atoms with Gasteiger partial charge in [0.2, 0.25) is 0 Å². The van der Waals surface area contributed by atoms with Crippen molar-refractivity contribution in [2.45, 2.75) is 31.7 Å². The summed E-state index contributed by atoms with van der Waals surface area (Å²) in [6.45, 7) is 2.32. The van der Waals surface area contributed by atoms with E-state index in [2.05, 4.69) is 0 Å². The summed E-state index contributed by atoms with van der Waals surface area (Å²) in [4.78, 5) is 0. The number of rotatable bonds is 4. The van der Waals surface area contributed by atoms with Gasteiger partial charge >= 0.3 is 0 Å². The minimum atomic E-state index is -0.578. The van der Waals surface area contributed by atoms with Gasteiger partial charge < -0.3 is 14.6 Å². The first-order valence-electron chi connectivity index (χ1n) is 5.53. The number of aliphatic hydroxyl groups is 1. The van der Waals surface area contributed by atoms with Crippen molar-refractivity contribution in [1.82, 2.24) is 0 Å². The van der Waals surface area contributed by atoms with Crippen LogP contribution in [-0.4, -0.2) is 30.0 Å². The zero-order valence-corrected chi connectivity index (χ0v) is 10.2. The van der Waals surface area contributed by atoms with E-state index in [9.17, 15) is 9.50 Å². The smallest absolute Gasteiger partial charge is 0.183 e. The van der Waals surface area contributed by atoms with Crippen LogP contribution in [-0.2, 0) is 4.74 Å². The van der Waals surface area contributed by atoms with Crippen LogP contribution in [0.3, 0.4) is 0 Å². The minimum Gasteiger partial charge on any atom is -0.484 e. The maximum atomic E-state index is 13.6. The summed E-state index contributed by atoms with van der Waals surface area (Å²) in [6, 6.07) is 4.58. The van der Waals surface area contributed by atoms with Crippen LogP contribution in [0.2, 0.25) is 5.02 Å². The van der Waals surface area contributed by atoms with Crippen LogP contribution in [0.15, 0.2) is 18.2 Å². The molecule has 17 heavy (non-hydrogen) atoms. The normalized spacial score (nSPS) is 27.6. The third-order valence-electron chi connectivity index (χ3n) is 2.77. The van der Waals surface area contributed by atoms with Crippen LogP contribution in [0.5, 0.6) is 5.75 Å². The largest absolute Gasteiger partial charge is 0.484 e. The van der Waals surface area contributed by atoms with Crippen molar-refractivity contribution in [3.63, 3.8) is 0 Å². The number of hydrogen-bond donors (Lipinski definition) is 1. The molecule has 0 heterocycles. The molecule has 0 bridgehead atoms. The Labute approximate surface area is 104 Å². The minimum absolute atomic E-state index is 0.0235. The molecule has 94 valence electrons. The zero-order chi connectivity index (χ0) is 12.4. The Kier molecular flexibility index (Phi) is 3.86. The average Bonchev–Trinajstić information content (AvgIpc) is 2.31. The molecule has 0 radical (unpaired) electrons. The number of benzene rings is 1. The molecular weight excluding hydrogens is 247 g/mol. The molecule has 0 spiro atoms. The Hall–Kier alpha value is -0.840. The highest BCUT2D eigenvalue weighted by Gasteiger charge is 2.43. The van der Waals surface area contributed by atoms with Crippen LogP contribution in [0.4, 0.5) is 4.39 Å². The highest BCUT2D eigenvalue weighted by atomic mass is 35.5. The molecule has 0 amide bonds. The molecule has 3 nitrogen and oxygen atoms in total. The quantitative estimate of drug-likeness (QED) is 0.904. The molecule has 1 aliphatic rings. The lowest BCUT2D eigenvalue weighted by molar-refractivity contribution is -0.160. The molecule has 3 unspecified atom stereocenters. The highest BCUT2D eigenvalue weighted by molar-refractivity contribution is 6.30. The third kappa shape index (κ3) is 2.54. The molecule has 1 aromatic carbocycles. The lowest BCUT2D eigenvalue weighted by Crippen LogP contribution is -2.55. The van der Waals surface area contributed by atoms with E-state index in [-0.39, 0.29) is 16.9 Å². The van der Waals surface area contributed by atoms with E-state index in [1.807, 2.05) is 6.92 Å². The SMILES string of the molecule is CCOC1C(O)CC1Oc1cccc(Cl)c1F. The Bertz CT molecular complexity index is 399. The van der Waals surface area contributed by atoms with Gasteiger partial charge in [0.05, 0.1) is 11.1 Å². The summed E-state index contributed by atoms with van der Waals surface area (Å²) in [5, 5.41) is 9.51. The fourth-order valence-electron chi connectivity index (χ4n) is 1.82. The summed E-state index contributed by atoms with van der Waals surface area (Å²) in [5.41, 5.74) is 0. The predicted octanol–water partition coefficient (Wildman–Crippen LogP) is 2.40. The lowest BCUT2D eigenvalue weighted by Gasteiger charge is -2.40. The van der Waals surface area contributed by atoms with E-state index in [4.69, 9.17) is 21.1 Å². The van der Waals surface area contributed by atoms with Gasteiger partial charge in [-0.1, -0.05) is 17.7 Å². The fraction of sp³-hybridized carbons (Fsp3) is 0.500. The van der Waals surface area contributed by atoms with Crippen LogP contribution in [0, 0.1) is 5.82 Å². The van der Waals surface area contributed by atoms with Crippen molar-refractivity contribution in [2.75, 3.05) is 6.61 Å². The van der Waals surface area contributed by atoms with E-state index in [1.165, 1.54) is 12.1 Å². The van der Waals surface area contributed by atoms with Gasteiger partial charge in [0.1, 0.15) is 12.2 Å². The van der Waals surface area contributed by atoms with Gasteiger partial charge in [0, 0.05) is 13.0 Å². The first kappa shape index (κ1) is 12.6. The van der Waals surface area contributed by atoms with Crippen molar-refractivity contribution >= 4 is 11.6 Å². The Morgan fingerprint density at radius 3 is 2.94 bits per heavy atom. The van der Waals surface area contributed by atoms with E-state index < -0.39 is 18.0 Å². The lowest BCUT2D eigenvalue weighted by atomic mass is 9.88. The van der Waals surface area contributed by atoms with Crippen molar-refractivity contribution in [2.24, 2.45) is 0 Å². The second-order valence-electron chi connectivity index (χ2n) is 3.93. The van der Waals surface area contributed by atoms with Crippen molar-refractivity contribution < 1.29 is 19.0 Å². The van der Waals surface area contributed by atoms with Gasteiger partial charge in [-0.3, -0.25) is 0 Å². The maximum absolute atomic E-state index is 13.6. The summed E-state index contributed by atoms with van der Waals surface area (Å²) in [6.07, 6.45) is -0.810. The number of aliphatic hydroxyl groups excluding tert-OH is 1. The molecule has 0 aliphatic heterocycles. The summed E-state index contributed by atoms with van der Waals surface area (Å²) in [7, 11) is 0. The Balaban J connectivity index is 2.04. The third-order valence-corrected chi connectivity index (χ3v) is 3.06. The van der Waals surface area contributed by atoms with Crippen LogP contribution >= 0.6 is 11.6 Å². The van der Waals surface area contributed by atoms with E-state index in [0.717, 1.165) is 0 Å². The molecule has 1 N–H and O–H groups in total. The number of hydrogen-bond acceptors (Lipinski definition) is 3. The Morgan fingerprint density at radius 1 is 1.53 bits per heavy atom. The van der Waals surface area contributed by atoms with Gasteiger partial charge in [-0.05, 0) is 19.1 Å². The van der Waals surface area contributed by atoms with E-state index in [0.29, 0.717) is 13.0 Å². The van der Waals surface area contributed by atoms with Gasteiger partial charge in [-0.25, -0.2) is 4.39 Å². The van der Waals surface area contributed by atoms with Gasteiger partial charge in [-0.2, -0.15) is 0 Å². The maximum Gasteiger partial charge on any atom is 0.183 e. The van der Waals surface area contributed by atoms with Gasteiger partial charge in [-0.15, -0.1) is 0 Å². The number of ether oxygens (including phenoxy) is 2. The predicted molar refractivity (Wildman–Crippen MR) is 61.9 cm³/mol. The van der Waals surface area contributed by atoms with Crippen molar-refractivity contribution in [3.05, 3.63) is 29.0 Å². The average molecular weight is 261 g/mol. The molecule has 0 saturated heterocycles. The monoisotopic (exact) mass is 260 g/mol. The molecule has 5 heteroatoms. The molecule has 0 aromatic heterocycles. The second-order valence-corrected chi connectivity index (χ2v) is 4.34. The van der Waals surface area contributed by atoms with E-state index in [1.54, 1.807) is 6.07 Å². The van der Waals surface area contributed by atoms with Crippen LogP contribution in [0.1, 0.15) is 13.3 Å².